The van der Waals surface area contributed by atoms with E-state index in [4.69, 9.17) is 0 Å². The third kappa shape index (κ3) is 5.83. The Balaban J connectivity index is 2.17. The molecule has 0 fully saturated rings. The van der Waals surface area contributed by atoms with Crippen LogP contribution < -0.4 is 10.6 Å². The molecule has 0 saturated heterocycles. The first kappa shape index (κ1) is 14.0. The number of pyridine rings is 1. The third-order valence-corrected chi connectivity index (χ3v) is 2.41. The van der Waals surface area contributed by atoms with Crippen molar-refractivity contribution >= 4 is 0 Å². The van der Waals surface area contributed by atoms with E-state index in [1.807, 2.05) is 18.2 Å². The van der Waals surface area contributed by atoms with Crippen LogP contribution in [0.2, 0.25) is 0 Å². The van der Waals surface area contributed by atoms with Crippen molar-refractivity contribution in [2.75, 3.05) is 13.6 Å². The number of nitrogens with one attached hydrogen (secondary N) is 2. The van der Waals surface area contributed by atoms with Crippen LogP contribution >= 0.6 is 0 Å². The number of unbranched alkanes of at least 4 members (excludes halogenated alkanes) is 1. The summed E-state index contributed by atoms with van der Waals surface area (Å²) >= 11 is 0. The molecule has 0 aliphatic carbocycles. The van der Waals surface area contributed by atoms with Gasteiger partial charge in [-0.2, -0.15) is 0 Å². The SMILES string of the molecule is CN/C(=C/[N+](=O)[O-])NCCCCc1ccccn1. The number of aromatic nitrogens is 1. The Labute approximate surface area is 106 Å². The zero-order valence-corrected chi connectivity index (χ0v) is 10.4. The quantitative estimate of drug-likeness (QED) is 0.413. The molecule has 0 amide bonds. The van der Waals surface area contributed by atoms with Crippen LogP contribution in [0, 0.1) is 10.1 Å². The molecule has 0 atom stereocenters. The number of nitrogens with zero attached hydrogens (tertiary/aromatic N) is 2. The highest BCUT2D eigenvalue weighted by Gasteiger charge is 1.99. The Morgan fingerprint density at radius 3 is 2.94 bits per heavy atom. The Morgan fingerprint density at radius 1 is 1.50 bits per heavy atom. The molecule has 6 nitrogen and oxygen atoms in total. The summed E-state index contributed by atoms with van der Waals surface area (Å²) in [6.07, 6.45) is 5.58. The van der Waals surface area contributed by atoms with Crippen molar-refractivity contribution in [1.82, 2.24) is 15.6 Å². The number of hydrogen-bond donors (Lipinski definition) is 2. The fraction of sp³-hybridized carbons (Fsp3) is 0.417. The van der Waals surface area contributed by atoms with Crippen LogP contribution in [-0.4, -0.2) is 23.5 Å². The van der Waals surface area contributed by atoms with E-state index in [1.165, 1.54) is 0 Å². The molecule has 0 unspecified atom stereocenters. The van der Waals surface area contributed by atoms with Gasteiger partial charge in [0.15, 0.2) is 5.82 Å². The van der Waals surface area contributed by atoms with Gasteiger partial charge in [0, 0.05) is 25.5 Å². The molecule has 18 heavy (non-hydrogen) atoms. The summed E-state index contributed by atoms with van der Waals surface area (Å²) < 4.78 is 0. The highest BCUT2D eigenvalue weighted by atomic mass is 16.6. The molecule has 0 aromatic carbocycles. The molecule has 0 aliphatic rings. The molecular weight excluding hydrogens is 232 g/mol. The van der Waals surface area contributed by atoms with E-state index >= 15 is 0 Å². The highest BCUT2D eigenvalue weighted by molar-refractivity contribution is 5.03. The average molecular weight is 250 g/mol. The second-order valence-corrected chi connectivity index (χ2v) is 3.78. The van der Waals surface area contributed by atoms with Crippen LogP contribution in [0.4, 0.5) is 0 Å². The lowest BCUT2D eigenvalue weighted by molar-refractivity contribution is -0.404. The van der Waals surface area contributed by atoms with Crippen molar-refractivity contribution in [2.45, 2.75) is 19.3 Å². The van der Waals surface area contributed by atoms with Gasteiger partial charge in [-0.15, -0.1) is 0 Å². The lowest BCUT2D eigenvalue weighted by Crippen LogP contribution is -2.25. The average Bonchev–Trinajstić information content (AvgIpc) is 2.37. The molecule has 6 heteroatoms. The molecule has 1 aromatic heterocycles. The standard InChI is InChI=1S/C12H18N4O2/c1-13-12(10-16(17)18)15-9-5-3-7-11-6-2-4-8-14-11/h2,4,6,8,10,13,15H,3,5,7,9H2,1H3/b12-10-. The topological polar surface area (TPSA) is 80.1 Å². The summed E-state index contributed by atoms with van der Waals surface area (Å²) in [6.45, 7) is 0.702. The van der Waals surface area contributed by atoms with Gasteiger partial charge in [-0.05, 0) is 31.4 Å². The molecule has 0 radical (unpaired) electrons. The van der Waals surface area contributed by atoms with Crippen molar-refractivity contribution < 1.29 is 4.92 Å². The third-order valence-electron chi connectivity index (χ3n) is 2.41. The van der Waals surface area contributed by atoms with Gasteiger partial charge in [0.2, 0.25) is 0 Å². The van der Waals surface area contributed by atoms with Crippen LogP contribution in [0.15, 0.2) is 36.4 Å². The molecule has 0 aliphatic heterocycles. The van der Waals surface area contributed by atoms with Crippen molar-refractivity contribution in [2.24, 2.45) is 0 Å². The van der Waals surface area contributed by atoms with E-state index in [9.17, 15) is 10.1 Å². The van der Waals surface area contributed by atoms with Crippen LogP contribution in [0.25, 0.3) is 0 Å². The van der Waals surface area contributed by atoms with Crippen molar-refractivity contribution in [3.63, 3.8) is 0 Å². The van der Waals surface area contributed by atoms with Gasteiger partial charge in [0.25, 0.3) is 6.20 Å². The van der Waals surface area contributed by atoms with Gasteiger partial charge < -0.3 is 10.6 Å². The van der Waals surface area contributed by atoms with Gasteiger partial charge in [0.05, 0.1) is 4.92 Å². The van der Waals surface area contributed by atoms with Crippen molar-refractivity contribution in [3.8, 4) is 0 Å². The Kier molecular flexibility index (Phi) is 6.24. The molecule has 98 valence electrons. The summed E-state index contributed by atoms with van der Waals surface area (Å²) in [5, 5.41) is 16.0. The van der Waals surface area contributed by atoms with E-state index < -0.39 is 4.92 Å². The molecule has 1 aromatic rings. The van der Waals surface area contributed by atoms with Crippen LogP contribution in [0.1, 0.15) is 18.5 Å². The van der Waals surface area contributed by atoms with Gasteiger partial charge in [-0.1, -0.05) is 6.07 Å². The zero-order chi connectivity index (χ0) is 13.2. The molecular formula is C12H18N4O2. The summed E-state index contributed by atoms with van der Waals surface area (Å²) in [5.74, 6) is 0.429. The summed E-state index contributed by atoms with van der Waals surface area (Å²) in [7, 11) is 1.65. The van der Waals surface area contributed by atoms with Crippen LogP contribution in [0.5, 0.6) is 0 Å². The first-order valence-electron chi connectivity index (χ1n) is 5.89. The van der Waals surface area contributed by atoms with Crippen LogP contribution in [0.3, 0.4) is 0 Å². The second-order valence-electron chi connectivity index (χ2n) is 3.78. The highest BCUT2D eigenvalue weighted by Crippen LogP contribution is 2.00. The van der Waals surface area contributed by atoms with E-state index in [1.54, 1.807) is 13.2 Å². The normalized spacial score (nSPS) is 11.1. The van der Waals surface area contributed by atoms with Crippen LogP contribution in [-0.2, 0) is 6.42 Å². The monoisotopic (exact) mass is 250 g/mol. The molecule has 0 saturated carbocycles. The maximum Gasteiger partial charge on any atom is 0.274 e. The molecule has 1 heterocycles. The maximum atomic E-state index is 10.3. The number of nitro groups is 1. The fourth-order valence-electron chi connectivity index (χ4n) is 1.50. The lowest BCUT2D eigenvalue weighted by atomic mass is 10.2. The van der Waals surface area contributed by atoms with Crippen molar-refractivity contribution in [3.05, 3.63) is 52.2 Å². The number of rotatable bonds is 8. The smallest absolute Gasteiger partial charge is 0.274 e. The van der Waals surface area contributed by atoms with E-state index in [-0.39, 0.29) is 0 Å². The molecule has 0 spiro atoms. The minimum atomic E-state index is -0.479. The zero-order valence-electron chi connectivity index (χ0n) is 10.4. The minimum Gasteiger partial charge on any atom is -0.370 e. The van der Waals surface area contributed by atoms with Crippen molar-refractivity contribution in [1.29, 1.82) is 0 Å². The Hall–Kier alpha value is -2.11. The fourth-order valence-corrected chi connectivity index (χ4v) is 1.50. The number of hydrogen-bond acceptors (Lipinski definition) is 5. The lowest BCUT2D eigenvalue weighted by Gasteiger charge is -2.07. The summed E-state index contributed by atoms with van der Waals surface area (Å²) in [5.41, 5.74) is 1.08. The number of aryl methyl sites for hydroxylation is 1. The van der Waals surface area contributed by atoms with Gasteiger partial charge in [-0.3, -0.25) is 15.1 Å². The first-order valence-corrected chi connectivity index (χ1v) is 5.89. The minimum absolute atomic E-state index is 0.429. The van der Waals surface area contributed by atoms with E-state index in [0.717, 1.165) is 31.2 Å². The van der Waals surface area contributed by atoms with Gasteiger partial charge in [-0.25, -0.2) is 0 Å². The maximum absolute atomic E-state index is 10.3. The Bertz CT molecular complexity index is 392. The largest absolute Gasteiger partial charge is 0.370 e. The summed E-state index contributed by atoms with van der Waals surface area (Å²) in [4.78, 5) is 14.0. The summed E-state index contributed by atoms with van der Waals surface area (Å²) in [6, 6.07) is 5.87. The van der Waals surface area contributed by atoms with E-state index in [0.29, 0.717) is 12.4 Å². The van der Waals surface area contributed by atoms with E-state index in [2.05, 4.69) is 15.6 Å². The Morgan fingerprint density at radius 2 is 2.33 bits per heavy atom. The van der Waals surface area contributed by atoms with Gasteiger partial charge in [0.1, 0.15) is 0 Å². The predicted octanol–water partition coefficient (Wildman–Crippen LogP) is 1.29. The molecule has 1 rings (SSSR count). The molecule has 2 N–H and O–H groups in total. The van der Waals surface area contributed by atoms with Gasteiger partial charge >= 0.3 is 0 Å². The predicted molar refractivity (Wildman–Crippen MR) is 69.3 cm³/mol. The first-order chi connectivity index (χ1) is 8.72. The second kappa shape index (κ2) is 8.05. The molecule has 0 bridgehead atoms.